The maximum absolute atomic E-state index is 8.71. The molecule has 1 rings (SSSR count). The average Bonchev–Trinajstić information content (AvgIpc) is 2.16. The highest BCUT2D eigenvalue weighted by Gasteiger charge is 2.18. The van der Waals surface area contributed by atoms with Gasteiger partial charge in [-0.05, 0) is 0 Å². The molecule has 0 fully saturated rings. The van der Waals surface area contributed by atoms with Crippen LogP contribution in [0.1, 0.15) is 0 Å². The first-order valence-corrected chi connectivity index (χ1v) is 7.58. The van der Waals surface area contributed by atoms with Crippen molar-refractivity contribution in [3.05, 3.63) is 42.1 Å². The van der Waals surface area contributed by atoms with E-state index in [9.17, 15) is 0 Å². The molecule has 0 heterocycles. The van der Waals surface area contributed by atoms with Crippen molar-refractivity contribution in [3.63, 3.8) is 0 Å². The van der Waals surface area contributed by atoms with Gasteiger partial charge >= 0.3 is 0 Å². The minimum absolute atomic E-state index is 0.142. The predicted molar refractivity (Wildman–Crippen MR) is 59.8 cm³/mol. The van der Waals surface area contributed by atoms with Gasteiger partial charge in [0.05, 0.1) is 6.61 Å². The van der Waals surface area contributed by atoms with Gasteiger partial charge in [0.25, 0.3) is 0 Å². The molecule has 0 bridgehead atoms. The summed E-state index contributed by atoms with van der Waals surface area (Å²) in [6.07, 6.45) is 1.85. The van der Waals surface area contributed by atoms with E-state index in [0.717, 1.165) is 0 Å². The lowest BCUT2D eigenvalue weighted by Crippen LogP contribution is -2.39. The van der Waals surface area contributed by atoms with E-state index in [1.165, 1.54) is 5.19 Å². The van der Waals surface area contributed by atoms with E-state index in [-0.39, 0.29) is 6.61 Å². The highest BCUT2D eigenvalue weighted by Crippen LogP contribution is 2.04. The second kappa shape index (κ2) is 4.39. The van der Waals surface area contributed by atoms with Gasteiger partial charge in [-0.25, -0.2) is 0 Å². The quantitative estimate of drug-likeness (QED) is 0.723. The van der Waals surface area contributed by atoms with E-state index < -0.39 is 8.07 Å². The maximum Gasteiger partial charge on any atom is 0.103 e. The summed E-state index contributed by atoms with van der Waals surface area (Å²) in [6.45, 7) is 4.69. The van der Waals surface area contributed by atoms with Crippen LogP contribution < -0.4 is 5.19 Å². The molecule has 0 aliphatic rings. The Morgan fingerprint density at radius 2 is 1.85 bits per heavy atom. The molecule has 2 heteroatoms. The topological polar surface area (TPSA) is 20.2 Å². The van der Waals surface area contributed by atoms with Crippen LogP contribution >= 0.6 is 0 Å². The molecule has 13 heavy (non-hydrogen) atoms. The zero-order chi connectivity index (χ0) is 9.73. The molecule has 0 unspecified atom stereocenters. The van der Waals surface area contributed by atoms with Crippen molar-refractivity contribution in [2.75, 3.05) is 6.61 Å². The summed E-state index contributed by atoms with van der Waals surface area (Å²) in [5, 5.41) is 10.1. The Morgan fingerprint density at radius 1 is 1.23 bits per heavy atom. The highest BCUT2D eigenvalue weighted by molar-refractivity contribution is 6.93. The third kappa shape index (κ3) is 2.83. The second-order valence-electron chi connectivity index (χ2n) is 3.67. The smallest absolute Gasteiger partial charge is 0.103 e. The molecule has 0 radical (unpaired) electrons. The number of hydrogen-bond donors (Lipinski definition) is 1. The standard InChI is InChI=1S/C11H16OSi/c1-13(2,10-6-9-12)11-7-4-3-5-8-11/h3-8,10,12H,9H2,1-2H3/b10-6+. The van der Waals surface area contributed by atoms with Crippen molar-refractivity contribution >= 4 is 13.3 Å². The van der Waals surface area contributed by atoms with E-state index in [1.807, 2.05) is 12.1 Å². The van der Waals surface area contributed by atoms with Gasteiger partial charge in [-0.3, -0.25) is 0 Å². The van der Waals surface area contributed by atoms with Crippen LogP contribution in [0.3, 0.4) is 0 Å². The Labute approximate surface area is 80.7 Å². The molecule has 0 atom stereocenters. The summed E-state index contributed by atoms with van der Waals surface area (Å²) in [5.41, 5.74) is 2.17. The number of rotatable bonds is 3. The Hall–Kier alpha value is -0.863. The van der Waals surface area contributed by atoms with Crippen LogP contribution in [0.25, 0.3) is 0 Å². The van der Waals surface area contributed by atoms with Crippen molar-refractivity contribution in [1.82, 2.24) is 0 Å². The van der Waals surface area contributed by atoms with E-state index in [1.54, 1.807) is 0 Å². The van der Waals surface area contributed by atoms with Gasteiger partial charge in [0.1, 0.15) is 8.07 Å². The number of benzene rings is 1. The first-order chi connectivity index (χ1) is 6.17. The summed E-state index contributed by atoms with van der Waals surface area (Å²) in [6, 6.07) is 10.5. The van der Waals surface area contributed by atoms with E-state index in [2.05, 4.69) is 43.1 Å². The van der Waals surface area contributed by atoms with Crippen molar-refractivity contribution in [2.24, 2.45) is 0 Å². The molecule has 1 nitrogen and oxygen atoms in total. The Kier molecular flexibility index (Phi) is 3.45. The van der Waals surface area contributed by atoms with Crippen LogP contribution in [0.4, 0.5) is 0 Å². The monoisotopic (exact) mass is 192 g/mol. The van der Waals surface area contributed by atoms with Gasteiger partial charge < -0.3 is 5.11 Å². The van der Waals surface area contributed by atoms with Crippen LogP contribution in [0.15, 0.2) is 42.1 Å². The molecule has 1 aromatic carbocycles. The van der Waals surface area contributed by atoms with Crippen LogP contribution in [-0.4, -0.2) is 19.8 Å². The molecule has 0 saturated carbocycles. The lowest BCUT2D eigenvalue weighted by molar-refractivity contribution is 0.343. The van der Waals surface area contributed by atoms with Gasteiger partial charge in [-0.15, -0.1) is 0 Å². The summed E-state index contributed by atoms with van der Waals surface area (Å²) < 4.78 is 0. The Balaban J connectivity index is 2.87. The zero-order valence-electron chi connectivity index (χ0n) is 8.20. The van der Waals surface area contributed by atoms with Crippen LogP contribution in [-0.2, 0) is 0 Å². The van der Waals surface area contributed by atoms with Crippen molar-refractivity contribution < 1.29 is 5.11 Å². The average molecular weight is 192 g/mol. The molecule has 0 aromatic heterocycles. The largest absolute Gasteiger partial charge is 0.392 e. The second-order valence-corrected chi connectivity index (χ2v) is 8.03. The molecular weight excluding hydrogens is 176 g/mol. The fraction of sp³-hybridized carbons (Fsp3) is 0.273. The summed E-state index contributed by atoms with van der Waals surface area (Å²) >= 11 is 0. The molecule has 0 spiro atoms. The fourth-order valence-corrected chi connectivity index (χ4v) is 3.25. The van der Waals surface area contributed by atoms with Crippen LogP contribution in [0.2, 0.25) is 13.1 Å². The zero-order valence-corrected chi connectivity index (χ0v) is 9.20. The lowest BCUT2D eigenvalue weighted by atomic mass is 10.4. The first kappa shape index (κ1) is 10.2. The number of hydrogen-bond acceptors (Lipinski definition) is 1. The van der Waals surface area contributed by atoms with Crippen molar-refractivity contribution in [2.45, 2.75) is 13.1 Å². The molecule has 0 aliphatic carbocycles. The SMILES string of the molecule is C[Si](C)(/C=C/CO)c1ccccc1. The van der Waals surface area contributed by atoms with Crippen LogP contribution in [0, 0.1) is 0 Å². The molecule has 70 valence electrons. The van der Waals surface area contributed by atoms with Gasteiger partial charge in [-0.1, -0.05) is 60.4 Å². The Morgan fingerprint density at radius 3 is 2.38 bits per heavy atom. The Bertz CT molecular complexity index is 277. The first-order valence-electron chi connectivity index (χ1n) is 4.51. The minimum atomic E-state index is -1.44. The third-order valence-electron chi connectivity index (χ3n) is 2.16. The summed E-state index contributed by atoms with van der Waals surface area (Å²) in [5.74, 6) is 0. The van der Waals surface area contributed by atoms with Gasteiger partial charge in [0.2, 0.25) is 0 Å². The van der Waals surface area contributed by atoms with Gasteiger partial charge in [-0.2, -0.15) is 0 Å². The van der Waals surface area contributed by atoms with Crippen LogP contribution in [0.5, 0.6) is 0 Å². The van der Waals surface area contributed by atoms with E-state index in [0.29, 0.717) is 0 Å². The molecule has 1 N–H and O–H groups in total. The molecular formula is C11H16OSi. The number of aliphatic hydroxyl groups is 1. The van der Waals surface area contributed by atoms with Gasteiger partial charge in [0.15, 0.2) is 0 Å². The van der Waals surface area contributed by atoms with Gasteiger partial charge in [0, 0.05) is 0 Å². The highest BCUT2D eigenvalue weighted by atomic mass is 28.3. The fourth-order valence-electron chi connectivity index (χ4n) is 1.31. The van der Waals surface area contributed by atoms with Crippen molar-refractivity contribution in [1.29, 1.82) is 0 Å². The molecule has 0 aliphatic heterocycles. The molecule has 1 aromatic rings. The minimum Gasteiger partial charge on any atom is -0.392 e. The van der Waals surface area contributed by atoms with Crippen molar-refractivity contribution in [3.8, 4) is 0 Å². The molecule has 0 amide bonds. The third-order valence-corrected chi connectivity index (χ3v) is 5.05. The predicted octanol–water partition coefficient (Wildman–Crippen LogP) is 1.69. The summed E-state index contributed by atoms with van der Waals surface area (Å²) in [4.78, 5) is 0. The summed E-state index contributed by atoms with van der Waals surface area (Å²) in [7, 11) is -1.44. The maximum atomic E-state index is 8.71. The van der Waals surface area contributed by atoms with E-state index >= 15 is 0 Å². The number of aliphatic hydroxyl groups excluding tert-OH is 1. The van der Waals surface area contributed by atoms with E-state index in [4.69, 9.17) is 5.11 Å². The normalized spacial score (nSPS) is 12.2. The molecule has 0 saturated heterocycles. The lowest BCUT2D eigenvalue weighted by Gasteiger charge is -2.17.